The third-order valence-corrected chi connectivity index (χ3v) is 4.55. The van der Waals surface area contributed by atoms with Crippen LogP contribution in [0.1, 0.15) is 20.9 Å². The van der Waals surface area contributed by atoms with Crippen molar-refractivity contribution in [3.63, 3.8) is 0 Å². The largest absolute Gasteiger partial charge is 0.464 e. The minimum Gasteiger partial charge on any atom is -0.464 e. The molecule has 1 aromatic carbocycles. The van der Waals surface area contributed by atoms with Crippen LogP contribution in [-0.4, -0.2) is 0 Å². The van der Waals surface area contributed by atoms with Gasteiger partial charge in [-0.05, 0) is 31.5 Å². The molecular formula is C16H17NOS. The molecule has 98 valence electrons. The number of hydrogen-bond donors (Lipinski definition) is 1. The molecule has 0 atom stereocenters. The summed E-state index contributed by atoms with van der Waals surface area (Å²) in [6, 6.07) is 10.4. The molecule has 1 N–H and O–H groups in total. The van der Waals surface area contributed by atoms with Crippen LogP contribution >= 0.6 is 11.3 Å². The van der Waals surface area contributed by atoms with Crippen LogP contribution in [-0.2, 0) is 13.1 Å². The molecule has 0 amide bonds. The van der Waals surface area contributed by atoms with E-state index in [1.54, 1.807) is 0 Å². The molecule has 0 aliphatic rings. The van der Waals surface area contributed by atoms with Gasteiger partial charge < -0.3 is 9.73 Å². The van der Waals surface area contributed by atoms with E-state index in [1.165, 1.54) is 26.3 Å². The smallest absolute Gasteiger partial charge is 0.134 e. The zero-order chi connectivity index (χ0) is 13.2. The van der Waals surface area contributed by atoms with E-state index < -0.39 is 0 Å². The fraction of sp³-hybridized carbons (Fsp3) is 0.250. The molecule has 2 nitrogen and oxygen atoms in total. The molecule has 0 bridgehead atoms. The van der Waals surface area contributed by atoms with Crippen LogP contribution in [0.3, 0.4) is 0 Å². The molecule has 0 aliphatic heterocycles. The Morgan fingerprint density at radius 3 is 2.79 bits per heavy atom. The van der Waals surface area contributed by atoms with Crippen LogP contribution in [0.2, 0.25) is 0 Å². The first-order chi connectivity index (χ1) is 9.24. The number of furan rings is 1. The lowest BCUT2D eigenvalue weighted by atomic mass is 10.2. The molecule has 3 heteroatoms. The number of benzene rings is 1. The van der Waals surface area contributed by atoms with Crippen LogP contribution in [0.5, 0.6) is 0 Å². The van der Waals surface area contributed by atoms with E-state index in [4.69, 9.17) is 4.42 Å². The summed E-state index contributed by atoms with van der Waals surface area (Å²) in [5.74, 6) is 0. The second-order valence-corrected chi connectivity index (χ2v) is 6.15. The average molecular weight is 271 g/mol. The Balaban J connectivity index is 1.66. The molecule has 0 saturated carbocycles. The van der Waals surface area contributed by atoms with Crippen molar-refractivity contribution in [2.24, 2.45) is 0 Å². The summed E-state index contributed by atoms with van der Waals surface area (Å²) in [6.07, 6.45) is 1.85. The number of rotatable bonds is 4. The second-order valence-electron chi connectivity index (χ2n) is 4.81. The molecule has 0 radical (unpaired) electrons. The van der Waals surface area contributed by atoms with Gasteiger partial charge in [0.15, 0.2) is 0 Å². The summed E-state index contributed by atoms with van der Waals surface area (Å²) in [5.41, 5.74) is 3.57. The molecule has 0 saturated heterocycles. The fourth-order valence-electron chi connectivity index (χ4n) is 2.23. The third-order valence-electron chi connectivity index (χ3n) is 3.39. The van der Waals surface area contributed by atoms with Crippen LogP contribution in [0.25, 0.3) is 11.0 Å². The van der Waals surface area contributed by atoms with E-state index >= 15 is 0 Å². The van der Waals surface area contributed by atoms with Crippen molar-refractivity contribution < 1.29 is 4.42 Å². The highest BCUT2D eigenvalue weighted by atomic mass is 32.1. The van der Waals surface area contributed by atoms with Crippen LogP contribution in [0, 0.1) is 13.8 Å². The van der Waals surface area contributed by atoms with Gasteiger partial charge in [0.25, 0.3) is 0 Å². The monoisotopic (exact) mass is 271 g/mol. The first-order valence-corrected chi connectivity index (χ1v) is 7.27. The van der Waals surface area contributed by atoms with E-state index in [0.717, 1.165) is 18.7 Å². The predicted molar refractivity (Wildman–Crippen MR) is 80.6 cm³/mol. The molecule has 3 rings (SSSR count). The lowest BCUT2D eigenvalue weighted by molar-refractivity contribution is 0.602. The number of hydrogen-bond acceptors (Lipinski definition) is 3. The van der Waals surface area contributed by atoms with E-state index in [2.05, 4.69) is 31.3 Å². The minimum absolute atomic E-state index is 0.840. The van der Waals surface area contributed by atoms with Gasteiger partial charge >= 0.3 is 0 Å². The van der Waals surface area contributed by atoms with Crippen LogP contribution in [0.15, 0.2) is 41.0 Å². The molecule has 3 aromatic rings. The van der Waals surface area contributed by atoms with Crippen molar-refractivity contribution in [1.29, 1.82) is 0 Å². The van der Waals surface area contributed by atoms with Gasteiger partial charge in [-0.25, -0.2) is 0 Å². The van der Waals surface area contributed by atoms with Crippen molar-refractivity contribution in [3.8, 4) is 0 Å². The zero-order valence-electron chi connectivity index (χ0n) is 11.2. The molecule has 0 unspecified atom stereocenters. The molecule has 0 spiro atoms. The van der Waals surface area contributed by atoms with Crippen LogP contribution in [0.4, 0.5) is 0 Å². The van der Waals surface area contributed by atoms with Gasteiger partial charge in [-0.3, -0.25) is 0 Å². The summed E-state index contributed by atoms with van der Waals surface area (Å²) in [7, 11) is 0. The van der Waals surface area contributed by atoms with Crippen molar-refractivity contribution >= 4 is 22.3 Å². The van der Waals surface area contributed by atoms with E-state index in [-0.39, 0.29) is 0 Å². The van der Waals surface area contributed by atoms with Gasteiger partial charge in [-0.15, -0.1) is 11.3 Å². The predicted octanol–water partition coefficient (Wildman–Crippen LogP) is 4.40. The molecular weight excluding hydrogens is 254 g/mol. The zero-order valence-corrected chi connectivity index (χ0v) is 12.0. The Morgan fingerprint density at radius 1 is 1.16 bits per heavy atom. The summed E-state index contributed by atoms with van der Waals surface area (Å²) in [4.78, 5) is 2.80. The van der Waals surface area contributed by atoms with Crippen molar-refractivity contribution in [1.82, 2.24) is 5.32 Å². The van der Waals surface area contributed by atoms with E-state index in [0.29, 0.717) is 0 Å². The van der Waals surface area contributed by atoms with Crippen LogP contribution < -0.4 is 5.32 Å². The quantitative estimate of drug-likeness (QED) is 0.760. The Morgan fingerprint density at radius 2 is 2.00 bits per heavy atom. The fourth-order valence-corrected chi connectivity index (χ4v) is 3.25. The lowest BCUT2D eigenvalue weighted by Crippen LogP contribution is -2.11. The van der Waals surface area contributed by atoms with Crippen molar-refractivity contribution in [2.75, 3.05) is 0 Å². The molecule has 0 aliphatic carbocycles. The SMILES string of the molecule is Cc1cc(CNCc2coc3ccccc23)sc1C. The van der Waals surface area contributed by atoms with Gasteiger partial charge in [0.05, 0.1) is 6.26 Å². The Bertz CT molecular complexity index is 676. The molecule has 0 fully saturated rings. The standard InChI is InChI=1S/C16H17NOS/c1-11-7-14(19-12(11)2)9-17-8-13-10-18-16-6-4-3-5-15(13)16/h3-7,10,17H,8-9H2,1-2H3. The Hall–Kier alpha value is -1.58. The highest BCUT2D eigenvalue weighted by Gasteiger charge is 2.05. The number of para-hydroxylation sites is 1. The normalized spacial score (nSPS) is 11.3. The summed E-state index contributed by atoms with van der Waals surface area (Å²) in [5, 5.41) is 4.69. The number of fused-ring (bicyclic) bond motifs is 1. The lowest BCUT2D eigenvalue weighted by Gasteiger charge is -2.01. The highest BCUT2D eigenvalue weighted by molar-refractivity contribution is 7.12. The highest BCUT2D eigenvalue weighted by Crippen LogP contribution is 2.22. The second kappa shape index (κ2) is 5.19. The van der Waals surface area contributed by atoms with Crippen molar-refractivity contribution in [2.45, 2.75) is 26.9 Å². The first kappa shape index (κ1) is 12.5. The first-order valence-electron chi connectivity index (χ1n) is 6.46. The van der Waals surface area contributed by atoms with E-state index in [1.807, 2.05) is 35.8 Å². The van der Waals surface area contributed by atoms with Gasteiger partial charge in [0.2, 0.25) is 0 Å². The van der Waals surface area contributed by atoms with Gasteiger partial charge in [-0.1, -0.05) is 18.2 Å². The van der Waals surface area contributed by atoms with E-state index in [9.17, 15) is 0 Å². The maximum absolute atomic E-state index is 5.54. The number of nitrogens with one attached hydrogen (secondary N) is 1. The summed E-state index contributed by atoms with van der Waals surface area (Å²) < 4.78 is 5.54. The number of thiophene rings is 1. The number of aryl methyl sites for hydroxylation is 2. The Kier molecular flexibility index (Phi) is 3.40. The molecule has 19 heavy (non-hydrogen) atoms. The maximum atomic E-state index is 5.54. The van der Waals surface area contributed by atoms with Gasteiger partial charge in [0.1, 0.15) is 5.58 Å². The molecule has 2 aromatic heterocycles. The van der Waals surface area contributed by atoms with Gasteiger partial charge in [0, 0.05) is 33.8 Å². The molecule has 2 heterocycles. The van der Waals surface area contributed by atoms with Gasteiger partial charge in [-0.2, -0.15) is 0 Å². The maximum Gasteiger partial charge on any atom is 0.134 e. The minimum atomic E-state index is 0.840. The average Bonchev–Trinajstić information content (AvgIpc) is 2.95. The summed E-state index contributed by atoms with van der Waals surface area (Å²) >= 11 is 1.87. The third kappa shape index (κ3) is 2.57. The summed E-state index contributed by atoms with van der Waals surface area (Å²) in [6.45, 7) is 6.10. The topological polar surface area (TPSA) is 25.2 Å². The Labute approximate surface area is 117 Å². The van der Waals surface area contributed by atoms with Crippen molar-refractivity contribution in [3.05, 3.63) is 57.5 Å².